The number of nitrogens with one attached hydrogen (secondary N) is 1. The van der Waals surface area contributed by atoms with Crippen LogP contribution in [-0.2, 0) is 23.0 Å². The van der Waals surface area contributed by atoms with E-state index < -0.39 is 10.0 Å². The Kier molecular flexibility index (Phi) is 5.38. The molecule has 148 valence electrons. The third-order valence-corrected chi connectivity index (χ3v) is 7.15. The molecule has 0 bridgehead atoms. The van der Waals surface area contributed by atoms with Crippen molar-refractivity contribution in [1.29, 1.82) is 0 Å². The third-order valence-electron chi connectivity index (χ3n) is 4.80. The van der Waals surface area contributed by atoms with Gasteiger partial charge < -0.3 is 5.32 Å². The van der Waals surface area contributed by atoms with E-state index in [9.17, 15) is 13.2 Å². The highest BCUT2D eigenvalue weighted by Gasteiger charge is 2.31. The lowest BCUT2D eigenvalue weighted by Gasteiger charge is -2.19. The van der Waals surface area contributed by atoms with Crippen LogP contribution in [0.5, 0.6) is 0 Å². The van der Waals surface area contributed by atoms with Gasteiger partial charge in [-0.2, -0.15) is 0 Å². The van der Waals surface area contributed by atoms with E-state index in [-0.39, 0.29) is 10.8 Å². The minimum atomic E-state index is -3.64. The molecule has 4 rings (SSSR count). The first-order valence-corrected chi connectivity index (χ1v) is 11.3. The maximum Gasteiger partial charge on any atom is 0.264 e. The van der Waals surface area contributed by atoms with Gasteiger partial charge >= 0.3 is 0 Å². The van der Waals surface area contributed by atoms with Gasteiger partial charge in [-0.15, -0.1) is 0 Å². The molecule has 1 N–H and O–H groups in total. The molecule has 1 aromatic heterocycles. The number of sulfonamides is 1. The highest BCUT2D eigenvalue weighted by molar-refractivity contribution is 9.10. The highest BCUT2D eigenvalue weighted by atomic mass is 79.9. The Labute approximate surface area is 177 Å². The Morgan fingerprint density at radius 3 is 2.52 bits per heavy atom. The molecule has 0 aliphatic carbocycles. The number of nitrogens with zero attached hydrogens (tertiary/aromatic N) is 2. The molecule has 1 aliphatic heterocycles. The van der Waals surface area contributed by atoms with Crippen molar-refractivity contribution in [1.82, 2.24) is 10.3 Å². The van der Waals surface area contributed by atoms with Crippen LogP contribution < -0.4 is 9.62 Å². The van der Waals surface area contributed by atoms with Gasteiger partial charge in [-0.3, -0.25) is 14.1 Å². The van der Waals surface area contributed by atoms with Crippen LogP contribution in [-0.4, -0.2) is 25.9 Å². The topological polar surface area (TPSA) is 79.4 Å². The number of carbonyl (C=O) groups is 1. The average Bonchev–Trinajstić information content (AvgIpc) is 3.17. The van der Waals surface area contributed by atoms with E-state index in [1.165, 1.54) is 4.31 Å². The number of aromatic nitrogens is 1. The zero-order valence-corrected chi connectivity index (χ0v) is 17.8. The summed E-state index contributed by atoms with van der Waals surface area (Å²) in [5.41, 5.74) is 2.95. The van der Waals surface area contributed by atoms with Crippen LogP contribution in [0.15, 0.2) is 76.4 Å². The van der Waals surface area contributed by atoms with Gasteiger partial charge in [0.2, 0.25) is 0 Å². The molecule has 0 fully saturated rings. The van der Waals surface area contributed by atoms with Gasteiger partial charge in [0.15, 0.2) is 0 Å². The van der Waals surface area contributed by atoms with E-state index in [0.29, 0.717) is 30.8 Å². The Morgan fingerprint density at radius 1 is 1.07 bits per heavy atom. The molecule has 2 aromatic carbocycles. The second kappa shape index (κ2) is 7.96. The maximum absolute atomic E-state index is 13.0. The second-order valence-electron chi connectivity index (χ2n) is 6.66. The molecule has 0 saturated carbocycles. The first kappa shape index (κ1) is 19.6. The van der Waals surface area contributed by atoms with Crippen LogP contribution in [0.25, 0.3) is 0 Å². The largest absolute Gasteiger partial charge is 0.348 e. The fourth-order valence-electron chi connectivity index (χ4n) is 3.28. The molecular weight excluding hydrogens is 454 g/mol. The van der Waals surface area contributed by atoms with Gasteiger partial charge in [-0.05, 0) is 72.1 Å². The summed E-state index contributed by atoms with van der Waals surface area (Å²) < 4.78 is 28.3. The molecule has 29 heavy (non-hydrogen) atoms. The summed E-state index contributed by atoms with van der Waals surface area (Å²) in [5.74, 6) is -0.196. The van der Waals surface area contributed by atoms with Crippen LogP contribution in [0.2, 0.25) is 0 Å². The minimum Gasteiger partial charge on any atom is -0.348 e. The lowest BCUT2D eigenvalue weighted by atomic mass is 10.1. The monoisotopic (exact) mass is 471 g/mol. The van der Waals surface area contributed by atoms with E-state index in [4.69, 9.17) is 0 Å². The minimum absolute atomic E-state index is 0.196. The fourth-order valence-corrected chi connectivity index (χ4v) is 5.05. The molecule has 1 aliphatic rings. The van der Waals surface area contributed by atoms with Crippen LogP contribution in [0.4, 0.5) is 5.69 Å². The summed E-state index contributed by atoms with van der Waals surface area (Å²) in [6, 6.07) is 15.4. The highest BCUT2D eigenvalue weighted by Crippen LogP contribution is 2.33. The number of hydrogen-bond donors (Lipinski definition) is 1. The number of rotatable bonds is 5. The molecule has 2 heterocycles. The summed E-state index contributed by atoms with van der Waals surface area (Å²) in [4.78, 5) is 16.7. The molecule has 0 atom stereocenters. The lowest BCUT2D eigenvalue weighted by molar-refractivity contribution is 0.0951. The van der Waals surface area contributed by atoms with Crippen molar-refractivity contribution < 1.29 is 13.2 Å². The van der Waals surface area contributed by atoms with E-state index in [1.807, 2.05) is 12.1 Å². The Bertz CT molecular complexity index is 1150. The predicted octanol–water partition coefficient (Wildman–Crippen LogP) is 3.53. The fraction of sp³-hybridized carbons (Fsp3) is 0.143. The van der Waals surface area contributed by atoms with Crippen LogP contribution in [0.1, 0.15) is 21.5 Å². The molecule has 0 saturated heterocycles. The van der Waals surface area contributed by atoms with Crippen molar-refractivity contribution in [2.24, 2.45) is 0 Å². The van der Waals surface area contributed by atoms with E-state index in [2.05, 4.69) is 26.2 Å². The van der Waals surface area contributed by atoms with Gasteiger partial charge in [-0.25, -0.2) is 8.42 Å². The second-order valence-corrected chi connectivity index (χ2v) is 9.44. The summed E-state index contributed by atoms with van der Waals surface area (Å²) >= 11 is 3.32. The van der Waals surface area contributed by atoms with E-state index >= 15 is 0 Å². The molecular formula is C21H18BrN3O3S. The molecule has 0 unspecified atom stereocenters. The van der Waals surface area contributed by atoms with Crippen LogP contribution in [0.3, 0.4) is 0 Å². The number of pyridine rings is 1. The standard InChI is InChI=1S/C21H18BrN3O3S/c22-18-2-4-19(5-3-18)29(27,28)25-12-9-16-13-17(1-6-20(16)25)21(26)24-14-15-7-10-23-11-8-15/h1-8,10-11,13H,9,12,14H2,(H,24,26). The quantitative estimate of drug-likeness (QED) is 0.617. The van der Waals surface area contributed by atoms with Crippen molar-refractivity contribution in [3.8, 4) is 0 Å². The Hall–Kier alpha value is -2.71. The average molecular weight is 472 g/mol. The van der Waals surface area contributed by atoms with Gasteiger partial charge in [0.05, 0.1) is 10.6 Å². The zero-order valence-electron chi connectivity index (χ0n) is 15.4. The van der Waals surface area contributed by atoms with Crippen molar-refractivity contribution in [2.45, 2.75) is 17.9 Å². The van der Waals surface area contributed by atoms with E-state index in [0.717, 1.165) is 15.6 Å². The molecule has 3 aromatic rings. The van der Waals surface area contributed by atoms with E-state index in [1.54, 1.807) is 54.9 Å². The number of halogens is 1. The third kappa shape index (κ3) is 4.04. The van der Waals surface area contributed by atoms with Gasteiger partial charge in [0, 0.05) is 35.5 Å². The summed E-state index contributed by atoms with van der Waals surface area (Å²) in [7, 11) is -3.64. The summed E-state index contributed by atoms with van der Waals surface area (Å²) in [6.07, 6.45) is 3.92. The van der Waals surface area contributed by atoms with Crippen molar-refractivity contribution in [2.75, 3.05) is 10.8 Å². The molecule has 1 amide bonds. The lowest BCUT2D eigenvalue weighted by Crippen LogP contribution is -2.29. The van der Waals surface area contributed by atoms with Crippen molar-refractivity contribution in [3.63, 3.8) is 0 Å². The predicted molar refractivity (Wildman–Crippen MR) is 114 cm³/mol. The smallest absolute Gasteiger partial charge is 0.264 e. The normalized spacial score (nSPS) is 13.2. The summed E-state index contributed by atoms with van der Waals surface area (Å²) in [5, 5.41) is 2.88. The van der Waals surface area contributed by atoms with Crippen molar-refractivity contribution in [3.05, 3.63) is 88.2 Å². The molecule has 6 nitrogen and oxygen atoms in total. The van der Waals surface area contributed by atoms with Gasteiger partial charge in [0.25, 0.3) is 15.9 Å². The molecule has 0 spiro atoms. The molecule has 8 heteroatoms. The zero-order chi connectivity index (χ0) is 20.4. The number of anilines is 1. The van der Waals surface area contributed by atoms with Crippen LogP contribution >= 0.6 is 15.9 Å². The van der Waals surface area contributed by atoms with Gasteiger partial charge in [0.1, 0.15) is 0 Å². The number of fused-ring (bicyclic) bond motifs is 1. The first-order valence-electron chi connectivity index (χ1n) is 9.03. The summed E-state index contributed by atoms with van der Waals surface area (Å²) in [6.45, 7) is 0.762. The van der Waals surface area contributed by atoms with Crippen molar-refractivity contribution >= 4 is 37.5 Å². The SMILES string of the molecule is O=C(NCc1ccncc1)c1ccc2c(c1)CCN2S(=O)(=O)c1ccc(Br)cc1. The molecule has 0 radical (unpaired) electrons. The van der Waals surface area contributed by atoms with Gasteiger partial charge in [-0.1, -0.05) is 15.9 Å². The first-order chi connectivity index (χ1) is 13.9. The Morgan fingerprint density at radius 2 is 1.79 bits per heavy atom. The number of amides is 1. The maximum atomic E-state index is 13.0. The number of carbonyl (C=O) groups excluding carboxylic acids is 1. The Balaban J connectivity index is 1.53. The number of hydrogen-bond acceptors (Lipinski definition) is 4. The number of benzene rings is 2. The van der Waals surface area contributed by atoms with Crippen LogP contribution in [0, 0.1) is 0 Å².